The minimum absolute atomic E-state index is 0.0881. The normalized spacial score (nSPS) is 11.1. The summed E-state index contributed by atoms with van der Waals surface area (Å²) in [5.74, 6) is 5.64. The summed E-state index contributed by atoms with van der Waals surface area (Å²) >= 11 is 0. The molecule has 10 heteroatoms. The molecule has 0 fully saturated rings. The van der Waals surface area contributed by atoms with Crippen molar-refractivity contribution in [1.29, 1.82) is 0 Å². The van der Waals surface area contributed by atoms with Crippen molar-refractivity contribution in [1.82, 2.24) is 19.5 Å². The number of nitrogen functional groups attached to an aromatic ring is 1. The number of fused-ring (bicyclic) bond motifs is 1. The van der Waals surface area contributed by atoms with E-state index in [1.807, 2.05) is 101 Å². The molecular weight excluding hydrogens is 506 g/mol. The number of allylic oxidation sites excluding steroid dienone is 4. The summed E-state index contributed by atoms with van der Waals surface area (Å²) in [5, 5.41) is 5.83. The number of carbonyl (C=O) groups excluding carboxylic acids is 1. The largest absolute Gasteiger partial charge is 0.397 e. The van der Waals surface area contributed by atoms with Gasteiger partial charge < -0.3 is 15.4 Å². The number of rotatable bonds is 10. The fourth-order valence-electron chi connectivity index (χ4n) is 3.87. The number of methoxy groups -OCH3 is 1. The molecule has 220 valence electrons. The number of carbonyl (C=O) groups is 1. The molecule has 0 bridgehead atoms. The Morgan fingerprint density at radius 2 is 1.80 bits per heavy atom. The van der Waals surface area contributed by atoms with Crippen molar-refractivity contribution in [2.45, 2.75) is 61.8 Å². The molecule has 0 radical (unpaired) electrons. The smallest absolute Gasteiger partial charge is 0.227 e. The van der Waals surface area contributed by atoms with Crippen LogP contribution >= 0.6 is 0 Å². The maximum atomic E-state index is 12.7. The van der Waals surface area contributed by atoms with Crippen molar-refractivity contribution in [2.75, 3.05) is 37.9 Å². The summed E-state index contributed by atoms with van der Waals surface area (Å²) in [6.45, 7) is 17.5. The van der Waals surface area contributed by atoms with Crippen LogP contribution in [0.3, 0.4) is 0 Å². The van der Waals surface area contributed by atoms with Crippen molar-refractivity contribution < 1.29 is 14.4 Å². The summed E-state index contributed by atoms with van der Waals surface area (Å²) in [5.41, 5.74) is 12.3. The van der Waals surface area contributed by atoms with Gasteiger partial charge in [-0.25, -0.2) is 20.2 Å². The average molecular weight is 554 g/mol. The molecule has 1 aromatic carbocycles. The first-order valence-electron chi connectivity index (χ1n) is 13.6. The molecule has 1 amide bonds. The molecule has 0 aliphatic carbocycles. The predicted octanol–water partition coefficient (Wildman–Crippen LogP) is 5.25. The summed E-state index contributed by atoms with van der Waals surface area (Å²) in [4.78, 5) is 24.2. The van der Waals surface area contributed by atoms with Crippen LogP contribution in [0.4, 0.5) is 11.4 Å². The van der Waals surface area contributed by atoms with Gasteiger partial charge in [0.25, 0.3) is 0 Å². The van der Waals surface area contributed by atoms with Crippen LogP contribution in [0.1, 0.15) is 64.2 Å². The second-order valence-electron chi connectivity index (χ2n) is 8.64. The van der Waals surface area contributed by atoms with E-state index in [2.05, 4.69) is 9.72 Å². The Balaban J connectivity index is 0.000000448. The number of likely N-dealkylation sites (N-methyl/N-ethyl adjacent to an activating group) is 1. The highest BCUT2D eigenvalue weighted by Gasteiger charge is 2.21. The van der Waals surface area contributed by atoms with Gasteiger partial charge in [0.15, 0.2) is 12.4 Å². The number of aromatic nitrogens is 3. The van der Waals surface area contributed by atoms with Crippen molar-refractivity contribution in [3.8, 4) is 0 Å². The SMILES string of the molecule is C/C=C\C=C(/C)c1nn2c(C)cc(C)nc2c1CC(=O)N(CC)CC.CC.COCON(N)c1ccccc1N. The van der Waals surface area contributed by atoms with Gasteiger partial charge in [-0.1, -0.05) is 44.2 Å². The Bertz CT molecular complexity index is 1260. The molecule has 10 nitrogen and oxygen atoms in total. The number of ether oxygens (including phenoxy) is 1. The monoisotopic (exact) mass is 553 g/mol. The number of amides is 1. The molecule has 3 rings (SSSR count). The molecule has 0 aliphatic rings. The molecule has 0 unspecified atom stereocenters. The molecule has 2 aromatic heterocycles. The van der Waals surface area contributed by atoms with Crippen LogP contribution < -0.4 is 16.7 Å². The third-order valence-corrected chi connectivity index (χ3v) is 5.83. The highest BCUT2D eigenvalue weighted by atomic mass is 16.8. The van der Waals surface area contributed by atoms with E-state index in [4.69, 9.17) is 21.5 Å². The van der Waals surface area contributed by atoms with Gasteiger partial charge >= 0.3 is 0 Å². The number of nitrogens with zero attached hydrogens (tertiary/aromatic N) is 5. The van der Waals surface area contributed by atoms with Crippen LogP contribution in [0.15, 0.2) is 48.6 Å². The van der Waals surface area contributed by atoms with Crippen molar-refractivity contribution in [2.24, 2.45) is 5.84 Å². The molecule has 2 heterocycles. The number of hydrogen-bond donors (Lipinski definition) is 2. The highest BCUT2D eigenvalue weighted by Crippen LogP contribution is 2.24. The Morgan fingerprint density at radius 1 is 1.15 bits per heavy atom. The van der Waals surface area contributed by atoms with E-state index in [0.717, 1.165) is 39.0 Å². The van der Waals surface area contributed by atoms with Gasteiger partial charge in [0.2, 0.25) is 5.91 Å². The lowest BCUT2D eigenvalue weighted by Gasteiger charge is -2.18. The van der Waals surface area contributed by atoms with E-state index < -0.39 is 0 Å². The Hall–Kier alpha value is -3.73. The molecule has 3 aromatic rings. The molecule has 4 N–H and O–H groups in total. The van der Waals surface area contributed by atoms with Crippen molar-refractivity contribution in [3.63, 3.8) is 0 Å². The van der Waals surface area contributed by atoms with E-state index in [0.29, 0.717) is 30.9 Å². The predicted molar refractivity (Wildman–Crippen MR) is 164 cm³/mol. The van der Waals surface area contributed by atoms with Gasteiger partial charge in [-0.3, -0.25) is 4.79 Å². The molecule has 0 atom stereocenters. The zero-order valence-corrected chi connectivity index (χ0v) is 25.6. The zero-order chi connectivity index (χ0) is 30.2. The van der Waals surface area contributed by atoms with Crippen LogP contribution in [0.5, 0.6) is 0 Å². The van der Waals surface area contributed by atoms with Gasteiger partial charge in [0.05, 0.1) is 17.8 Å². The number of benzene rings is 1. The standard InChI is InChI=1S/C20H28N4O.C8H13N3O2.C2H6/c1-7-10-11-14(4)19-17(13-18(25)23(8-2)9-3)20-21-15(5)12-16(6)24(20)22-19;1-12-6-13-11(10)8-5-3-2-4-7(8)9;1-2/h7,10-12H,8-9,13H2,1-6H3;2-5H,6,9-10H2,1H3;1-2H3/b10-7-,14-11+;;. The number of hydrazine groups is 1. The van der Waals surface area contributed by atoms with Gasteiger partial charge in [-0.05, 0) is 65.3 Å². The second kappa shape index (κ2) is 17.8. The second-order valence-corrected chi connectivity index (χ2v) is 8.64. The van der Waals surface area contributed by atoms with E-state index in [-0.39, 0.29) is 12.7 Å². The van der Waals surface area contributed by atoms with E-state index in [1.165, 1.54) is 7.11 Å². The van der Waals surface area contributed by atoms with E-state index in [1.54, 1.807) is 12.1 Å². The van der Waals surface area contributed by atoms with Gasteiger partial charge in [-0.15, -0.1) is 0 Å². The lowest BCUT2D eigenvalue weighted by atomic mass is 10.1. The fraction of sp³-hybridized carbons (Fsp3) is 0.433. The van der Waals surface area contributed by atoms with E-state index >= 15 is 0 Å². The first kappa shape index (κ1) is 34.3. The molecule has 0 aliphatic heterocycles. The third kappa shape index (κ3) is 9.48. The molecule has 40 heavy (non-hydrogen) atoms. The quantitative estimate of drug-likeness (QED) is 0.115. The Kier molecular flexibility index (Phi) is 15.2. The Morgan fingerprint density at radius 3 is 2.38 bits per heavy atom. The van der Waals surface area contributed by atoms with Gasteiger partial charge in [0, 0.05) is 37.2 Å². The zero-order valence-electron chi connectivity index (χ0n) is 25.6. The molecule has 0 saturated carbocycles. The molecule has 0 spiro atoms. The first-order valence-corrected chi connectivity index (χ1v) is 13.6. The van der Waals surface area contributed by atoms with Crippen molar-refractivity contribution in [3.05, 3.63) is 71.2 Å². The maximum Gasteiger partial charge on any atom is 0.227 e. The van der Waals surface area contributed by atoms with Crippen LogP contribution in [0.2, 0.25) is 0 Å². The van der Waals surface area contributed by atoms with Crippen LogP contribution in [0, 0.1) is 13.8 Å². The molecule has 0 saturated heterocycles. The van der Waals surface area contributed by atoms with Crippen molar-refractivity contribution >= 4 is 28.5 Å². The summed E-state index contributed by atoms with van der Waals surface area (Å²) in [6.07, 6.45) is 6.31. The maximum absolute atomic E-state index is 12.7. The number of hydrogen-bond acceptors (Lipinski definition) is 8. The average Bonchev–Trinajstić information content (AvgIpc) is 3.31. The lowest BCUT2D eigenvalue weighted by Crippen LogP contribution is -2.32. The number of nitrogens with two attached hydrogens (primary N) is 2. The Labute approximate surface area is 239 Å². The summed E-state index contributed by atoms with van der Waals surface area (Å²) in [6, 6.07) is 9.14. The van der Waals surface area contributed by atoms with Crippen LogP contribution in [-0.4, -0.2) is 52.4 Å². The van der Waals surface area contributed by atoms with Crippen LogP contribution in [0.25, 0.3) is 11.2 Å². The van der Waals surface area contributed by atoms with Gasteiger partial charge in [0.1, 0.15) is 5.69 Å². The lowest BCUT2D eigenvalue weighted by molar-refractivity contribution is -0.130. The van der Waals surface area contributed by atoms with Crippen LogP contribution in [-0.2, 0) is 20.8 Å². The number of para-hydroxylation sites is 2. The number of anilines is 2. The minimum Gasteiger partial charge on any atom is -0.397 e. The highest BCUT2D eigenvalue weighted by molar-refractivity contribution is 5.84. The van der Waals surface area contributed by atoms with Gasteiger partial charge in [-0.2, -0.15) is 10.3 Å². The number of aryl methyl sites for hydroxylation is 2. The molecular formula is C30H47N7O3. The van der Waals surface area contributed by atoms with E-state index in [9.17, 15) is 4.79 Å². The fourth-order valence-corrected chi connectivity index (χ4v) is 3.87. The first-order chi connectivity index (χ1) is 19.2. The summed E-state index contributed by atoms with van der Waals surface area (Å²) in [7, 11) is 1.52. The topological polar surface area (TPSA) is 124 Å². The summed E-state index contributed by atoms with van der Waals surface area (Å²) < 4.78 is 6.54. The minimum atomic E-state index is 0.0881. The third-order valence-electron chi connectivity index (χ3n) is 5.83.